The fourth-order valence-corrected chi connectivity index (χ4v) is 3.11. The highest BCUT2D eigenvalue weighted by atomic mass is 79.9. The summed E-state index contributed by atoms with van der Waals surface area (Å²) in [7, 11) is 4.91. The van der Waals surface area contributed by atoms with E-state index in [1.54, 1.807) is 32.2 Å². The number of hydrogen-bond acceptors (Lipinski definition) is 4. The van der Waals surface area contributed by atoms with Crippen LogP contribution < -0.4 is 9.47 Å². The van der Waals surface area contributed by atoms with Gasteiger partial charge in [-0.1, -0.05) is 18.2 Å². The molecule has 0 saturated carbocycles. The van der Waals surface area contributed by atoms with Crippen LogP contribution in [0.5, 0.6) is 11.5 Å². The summed E-state index contributed by atoms with van der Waals surface area (Å²) in [5.41, 5.74) is 1.61. The molecule has 0 radical (unpaired) electrons. The molecule has 6 heteroatoms. The van der Waals surface area contributed by atoms with Crippen molar-refractivity contribution in [3.05, 3.63) is 58.3 Å². The van der Waals surface area contributed by atoms with Crippen LogP contribution in [-0.2, 0) is 6.54 Å². The average molecular weight is 404 g/mol. The Labute approximate surface area is 154 Å². The molecule has 5 nitrogen and oxygen atoms in total. The van der Waals surface area contributed by atoms with Crippen LogP contribution in [0.15, 0.2) is 51.4 Å². The molecule has 0 aliphatic carbocycles. The van der Waals surface area contributed by atoms with Crippen LogP contribution in [0.4, 0.5) is 0 Å². The number of carbonyl (C=O) groups is 1. The minimum absolute atomic E-state index is 0.183. The highest BCUT2D eigenvalue weighted by Crippen LogP contribution is 2.29. The van der Waals surface area contributed by atoms with Crippen molar-refractivity contribution in [2.45, 2.75) is 6.54 Å². The molecule has 1 aromatic heterocycles. The van der Waals surface area contributed by atoms with Gasteiger partial charge in [-0.15, -0.1) is 0 Å². The van der Waals surface area contributed by atoms with Gasteiger partial charge in [0.25, 0.3) is 5.91 Å². The predicted molar refractivity (Wildman–Crippen MR) is 99.3 cm³/mol. The summed E-state index contributed by atoms with van der Waals surface area (Å²) < 4.78 is 17.1. The topological polar surface area (TPSA) is 51.9 Å². The lowest BCUT2D eigenvalue weighted by atomic mass is 10.2. The summed E-state index contributed by atoms with van der Waals surface area (Å²) in [6, 6.07) is 13.0. The van der Waals surface area contributed by atoms with Crippen LogP contribution >= 0.6 is 15.9 Å². The van der Waals surface area contributed by atoms with E-state index in [0.29, 0.717) is 29.4 Å². The van der Waals surface area contributed by atoms with Crippen molar-refractivity contribution < 1.29 is 18.7 Å². The summed E-state index contributed by atoms with van der Waals surface area (Å²) in [6.07, 6.45) is 0. The molecular formula is C19H18BrNO4. The van der Waals surface area contributed by atoms with Crippen molar-refractivity contribution in [2.24, 2.45) is 0 Å². The first kappa shape index (κ1) is 17.4. The highest BCUT2D eigenvalue weighted by molar-refractivity contribution is 9.10. The number of para-hydroxylation sites is 1. The smallest absolute Gasteiger partial charge is 0.289 e. The summed E-state index contributed by atoms with van der Waals surface area (Å²) in [4.78, 5) is 14.3. The van der Waals surface area contributed by atoms with E-state index in [-0.39, 0.29) is 5.91 Å². The van der Waals surface area contributed by atoms with Gasteiger partial charge in [0.2, 0.25) is 0 Å². The molecule has 0 unspecified atom stereocenters. The van der Waals surface area contributed by atoms with Gasteiger partial charge in [0.1, 0.15) is 5.58 Å². The zero-order valence-electron chi connectivity index (χ0n) is 14.2. The van der Waals surface area contributed by atoms with Crippen LogP contribution in [-0.4, -0.2) is 32.1 Å². The van der Waals surface area contributed by atoms with Crippen LogP contribution in [0.2, 0.25) is 0 Å². The molecule has 0 atom stereocenters. The quantitative estimate of drug-likeness (QED) is 0.629. The average Bonchev–Trinajstić information content (AvgIpc) is 3.06. The van der Waals surface area contributed by atoms with Gasteiger partial charge in [0, 0.05) is 19.0 Å². The number of halogens is 1. The maximum Gasteiger partial charge on any atom is 0.289 e. The van der Waals surface area contributed by atoms with E-state index in [9.17, 15) is 4.79 Å². The second kappa shape index (κ2) is 7.19. The minimum Gasteiger partial charge on any atom is -0.493 e. The third-order valence-corrected chi connectivity index (χ3v) is 4.55. The van der Waals surface area contributed by atoms with Gasteiger partial charge in [-0.2, -0.15) is 0 Å². The number of ether oxygens (including phenoxy) is 2. The van der Waals surface area contributed by atoms with Gasteiger partial charge in [-0.3, -0.25) is 4.79 Å². The third-order valence-electron chi connectivity index (χ3n) is 3.92. The monoisotopic (exact) mass is 403 g/mol. The number of amides is 1. The second-order valence-corrected chi connectivity index (χ2v) is 6.47. The van der Waals surface area contributed by atoms with Crippen molar-refractivity contribution in [1.29, 1.82) is 0 Å². The predicted octanol–water partition coefficient (Wildman–Crippen LogP) is 4.48. The molecule has 3 rings (SSSR count). The van der Waals surface area contributed by atoms with Crippen molar-refractivity contribution in [3.63, 3.8) is 0 Å². The standard InChI is InChI=1S/C19H18BrNO4/c1-21(11-12-7-8-15(23-2)16(9-12)24-3)19(22)17-10-13-5-4-6-14(20)18(13)25-17/h4-10H,11H2,1-3H3. The Morgan fingerprint density at radius 2 is 1.88 bits per heavy atom. The van der Waals surface area contributed by atoms with Gasteiger partial charge < -0.3 is 18.8 Å². The molecular weight excluding hydrogens is 386 g/mol. The fourth-order valence-electron chi connectivity index (χ4n) is 2.65. The molecule has 1 heterocycles. The zero-order valence-corrected chi connectivity index (χ0v) is 15.8. The molecule has 130 valence electrons. The van der Waals surface area contributed by atoms with E-state index in [2.05, 4.69) is 15.9 Å². The first-order chi connectivity index (χ1) is 12.0. The summed E-state index contributed by atoms with van der Waals surface area (Å²) in [5.74, 6) is 1.42. The van der Waals surface area contributed by atoms with Gasteiger partial charge in [-0.25, -0.2) is 0 Å². The maximum atomic E-state index is 12.7. The molecule has 0 aliphatic heterocycles. The maximum absolute atomic E-state index is 12.7. The molecule has 0 bridgehead atoms. The van der Waals surface area contributed by atoms with Crippen molar-refractivity contribution in [2.75, 3.05) is 21.3 Å². The molecule has 2 aromatic carbocycles. The van der Waals surface area contributed by atoms with Gasteiger partial charge >= 0.3 is 0 Å². The number of carbonyl (C=O) groups excluding carboxylic acids is 1. The Morgan fingerprint density at radius 1 is 1.12 bits per heavy atom. The molecule has 25 heavy (non-hydrogen) atoms. The SMILES string of the molecule is COc1ccc(CN(C)C(=O)c2cc3cccc(Br)c3o2)cc1OC. The fraction of sp³-hybridized carbons (Fsp3) is 0.211. The molecule has 0 spiro atoms. The number of fused-ring (bicyclic) bond motifs is 1. The normalized spacial score (nSPS) is 10.7. The number of methoxy groups -OCH3 is 2. The third kappa shape index (κ3) is 3.49. The number of furan rings is 1. The lowest BCUT2D eigenvalue weighted by Gasteiger charge is -2.17. The molecule has 0 fully saturated rings. The Kier molecular flexibility index (Phi) is 4.99. The number of benzene rings is 2. The Hall–Kier alpha value is -2.47. The lowest BCUT2D eigenvalue weighted by Crippen LogP contribution is -2.25. The summed E-state index contributed by atoms with van der Waals surface area (Å²) in [6.45, 7) is 0.428. The lowest BCUT2D eigenvalue weighted by molar-refractivity contribution is 0.0755. The Bertz CT molecular complexity index is 919. The Balaban J connectivity index is 1.81. The van der Waals surface area contributed by atoms with Crippen LogP contribution in [0.25, 0.3) is 11.0 Å². The van der Waals surface area contributed by atoms with Gasteiger partial charge in [0.05, 0.1) is 18.7 Å². The van der Waals surface area contributed by atoms with Crippen LogP contribution in [0.1, 0.15) is 16.1 Å². The van der Waals surface area contributed by atoms with E-state index in [4.69, 9.17) is 13.9 Å². The first-order valence-corrected chi connectivity index (χ1v) is 8.47. The van der Waals surface area contributed by atoms with Gasteiger partial charge in [-0.05, 0) is 45.8 Å². The van der Waals surface area contributed by atoms with Crippen LogP contribution in [0, 0.1) is 0 Å². The van der Waals surface area contributed by atoms with Crippen LogP contribution in [0.3, 0.4) is 0 Å². The summed E-state index contributed by atoms with van der Waals surface area (Å²) in [5, 5.41) is 0.886. The summed E-state index contributed by atoms with van der Waals surface area (Å²) >= 11 is 3.44. The highest BCUT2D eigenvalue weighted by Gasteiger charge is 2.18. The van der Waals surface area contributed by atoms with Crippen molar-refractivity contribution >= 4 is 32.8 Å². The molecule has 0 N–H and O–H groups in total. The molecule has 3 aromatic rings. The molecule has 0 aliphatic rings. The van der Waals surface area contributed by atoms with E-state index in [1.165, 1.54) is 0 Å². The largest absolute Gasteiger partial charge is 0.493 e. The number of hydrogen-bond donors (Lipinski definition) is 0. The van der Waals surface area contributed by atoms with E-state index < -0.39 is 0 Å². The van der Waals surface area contributed by atoms with Crippen molar-refractivity contribution in [3.8, 4) is 11.5 Å². The second-order valence-electron chi connectivity index (χ2n) is 5.62. The zero-order chi connectivity index (χ0) is 18.0. The molecule has 1 amide bonds. The van der Waals surface area contributed by atoms with Crippen molar-refractivity contribution in [1.82, 2.24) is 4.90 Å². The van der Waals surface area contributed by atoms with E-state index in [0.717, 1.165) is 15.4 Å². The first-order valence-electron chi connectivity index (χ1n) is 7.68. The molecule has 0 saturated heterocycles. The number of nitrogens with zero attached hydrogens (tertiary/aromatic N) is 1. The van der Waals surface area contributed by atoms with Gasteiger partial charge in [0.15, 0.2) is 17.3 Å². The van der Waals surface area contributed by atoms with E-state index in [1.807, 2.05) is 36.4 Å². The van der Waals surface area contributed by atoms with E-state index >= 15 is 0 Å². The number of rotatable bonds is 5. The Morgan fingerprint density at radius 3 is 2.56 bits per heavy atom. The minimum atomic E-state index is -0.183.